The van der Waals surface area contributed by atoms with Gasteiger partial charge in [0.1, 0.15) is 36.1 Å². The van der Waals surface area contributed by atoms with E-state index >= 15 is 0 Å². The number of rotatable bonds is 11. The van der Waals surface area contributed by atoms with E-state index in [-0.39, 0.29) is 18.0 Å². The molecule has 3 aromatic carbocycles. The summed E-state index contributed by atoms with van der Waals surface area (Å²) in [6.07, 6.45) is -7.06. The Hall–Kier alpha value is -3.93. The van der Waals surface area contributed by atoms with Crippen LogP contribution in [0.4, 0.5) is 14.5 Å². The van der Waals surface area contributed by atoms with E-state index in [9.17, 15) is 39.1 Å². The van der Waals surface area contributed by atoms with Crippen molar-refractivity contribution in [3.8, 4) is 22.4 Å². The quantitative estimate of drug-likeness (QED) is 0.159. The van der Waals surface area contributed by atoms with E-state index in [1.54, 1.807) is 28.8 Å². The van der Waals surface area contributed by atoms with E-state index in [4.69, 9.17) is 0 Å². The van der Waals surface area contributed by atoms with E-state index in [1.807, 2.05) is 19.9 Å². The highest BCUT2D eigenvalue weighted by Gasteiger charge is 2.35. The third-order valence-electron chi connectivity index (χ3n) is 7.05. The van der Waals surface area contributed by atoms with Crippen LogP contribution in [0.25, 0.3) is 22.4 Å². The van der Waals surface area contributed by atoms with E-state index in [0.717, 1.165) is 0 Å². The lowest BCUT2D eigenvalue weighted by atomic mass is 9.94. The Kier molecular flexibility index (Phi) is 9.87. The van der Waals surface area contributed by atoms with Crippen molar-refractivity contribution in [1.29, 1.82) is 0 Å². The van der Waals surface area contributed by atoms with E-state index in [1.165, 1.54) is 48.5 Å². The summed E-state index contributed by atoms with van der Waals surface area (Å²) in [6, 6.07) is 19.9. The third-order valence-corrected chi connectivity index (χ3v) is 7.05. The van der Waals surface area contributed by atoms with Crippen molar-refractivity contribution < 1.29 is 39.1 Å². The Morgan fingerprint density at radius 1 is 0.786 bits per heavy atom. The number of carbonyl (C=O) groups is 1. The van der Waals surface area contributed by atoms with Crippen molar-refractivity contribution in [1.82, 2.24) is 4.57 Å². The van der Waals surface area contributed by atoms with Crippen molar-refractivity contribution in [2.24, 2.45) is 0 Å². The van der Waals surface area contributed by atoms with Crippen LogP contribution in [0, 0.1) is 11.6 Å². The zero-order valence-corrected chi connectivity index (χ0v) is 23.2. The fourth-order valence-corrected chi connectivity index (χ4v) is 5.04. The van der Waals surface area contributed by atoms with E-state index in [0.29, 0.717) is 33.8 Å². The molecule has 4 unspecified atom stereocenters. The van der Waals surface area contributed by atoms with Crippen LogP contribution >= 0.6 is 0 Å². The largest absolute Gasteiger partial charge is 0.394 e. The van der Waals surface area contributed by atoms with Crippen molar-refractivity contribution in [2.45, 2.75) is 50.7 Å². The minimum Gasteiger partial charge on any atom is -0.394 e. The summed E-state index contributed by atoms with van der Waals surface area (Å²) in [6.45, 7) is 2.52. The first kappa shape index (κ1) is 31.0. The van der Waals surface area contributed by atoms with Gasteiger partial charge in [0.25, 0.3) is 5.91 Å². The van der Waals surface area contributed by atoms with Crippen molar-refractivity contribution in [3.63, 3.8) is 0 Å². The minimum atomic E-state index is -1.85. The molecule has 10 heteroatoms. The molecule has 0 aliphatic heterocycles. The molecule has 0 saturated heterocycles. The molecule has 8 nitrogen and oxygen atoms in total. The molecule has 4 aromatic rings. The molecule has 0 saturated carbocycles. The molecule has 222 valence electrons. The SMILES string of the molecule is CC(C)c1c(C(=O)Nc2ccc(F)cc2)c(-c2ccccc2)c(-c2ccc(F)cc2)n1CC(O)C(O)C(O)C(O)CO. The minimum absolute atomic E-state index is 0.248. The highest BCUT2D eigenvalue weighted by atomic mass is 19.1. The Bertz CT molecular complexity index is 1490. The molecule has 0 aliphatic carbocycles. The van der Waals surface area contributed by atoms with Crippen LogP contribution in [0.2, 0.25) is 0 Å². The standard InChI is InChI=1S/C32H34F2N2O6/c1-18(2)28-27(32(42)35-23-14-12-22(34)13-15-23)26(19-6-4-3-5-7-19)29(20-8-10-21(33)11-9-20)36(28)16-24(38)30(40)31(41)25(39)17-37/h3-15,18,24-25,30-31,37-41H,16-17H2,1-2H3,(H,35,42). The van der Waals surface area contributed by atoms with Crippen LogP contribution in [0.3, 0.4) is 0 Å². The van der Waals surface area contributed by atoms with Crippen LogP contribution in [0.1, 0.15) is 35.8 Å². The zero-order valence-electron chi connectivity index (χ0n) is 23.2. The van der Waals surface area contributed by atoms with Gasteiger partial charge in [0.05, 0.1) is 24.4 Å². The topological polar surface area (TPSA) is 135 Å². The summed E-state index contributed by atoms with van der Waals surface area (Å²) < 4.78 is 29.2. The number of amides is 1. The number of aliphatic hydroxyl groups is 5. The summed E-state index contributed by atoms with van der Waals surface area (Å²) >= 11 is 0. The van der Waals surface area contributed by atoms with Crippen molar-refractivity contribution in [2.75, 3.05) is 11.9 Å². The Labute approximate surface area is 242 Å². The molecule has 0 aliphatic rings. The number of anilines is 1. The van der Waals surface area contributed by atoms with Gasteiger partial charge in [0.15, 0.2) is 0 Å². The molecule has 42 heavy (non-hydrogen) atoms. The Morgan fingerprint density at radius 2 is 1.33 bits per heavy atom. The highest BCUT2D eigenvalue weighted by Crippen LogP contribution is 2.42. The van der Waals surface area contributed by atoms with E-state index in [2.05, 4.69) is 5.32 Å². The second-order valence-electron chi connectivity index (χ2n) is 10.4. The number of aromatic nitrogens is 1. The normalized spacial score (nSPS) is 14.4. The van der Waals surface area contributed by atoms with Gasteiger partial charge in [0.2, 0.25) is 0 Å². The summed E-state index contributed by atoms with van der Waals surface area (Å²) in [5.74, 6) is -1.79. The highest BCUT2D eigenvalue weighted by molar-refractivity contribution is 6.12. The maximum atomic E-state index is 14.0. The number of benzene rings is 3. The summed E-state index contributed by atoms with van der Waals surface area (Å²) in [4.78, 5) is 14.0. The Morgan fingerprint density at radius 3 is 1.88 bits per heavy atom. The van der Waals surface area contributed by atoms with Gasteiger partial charge in [-0.25, -0.2) is 8.78 Å². The van der Waals surface area contributed by atoms with Crippen LogP contribution in [0.5, 0.6) is 0 Å². The molecule has 0 radical (unpaired) electrons. The van der Waals surface area contributed by atoms with Crippen molar-refractivity contribution in [3.05, 3.63) is 102 Å². The number of carbonyl (C=O) groups excluding carboxylic acids is 1. The lowest BCUT2D eigenvalue weighted by Crippen LogP contribution is -2.47. The van der Waals surface area contributed by atoms with Gasteiger partial charge in [-0.15, -0.1) is 0 Å². The zero-order chi connectivity index (χ0) is 30.6. The molecule has 1 aromatic heterocycles. The van der Waals surface area contributed by atoms with E-state index < -0.39 is 48.6 Å². The van der Waals surface area contributed by atoms with Gasteiger partial charge in [-0.05, 0) is 65.6 Å². The van der Waals surface area contributed by atoms with Crippen LogP contribution < -0.4 is 5.32 Å². The monoisotopic (exact) mass is 580 g/mol. The molecular weight excluding hydrogens is 546 g/mol. The molecule has 6 N–H and O–H groups in total. The van der Waals surface area contributed by atoms with Gasteiger partial charge in [0, 0.05) is 16.9 Å². The number of nitrogens with zero attached hydrogens (tertiary/aromatic N) is 1. The second kappa shape index (κ2) is 13.4. The number of nitrogens with one attached hydrogen (secondary N) is 1. The van der Waals surface area contributed by atoms with Gasteiger partial charge in [-0.2, -0.15) is 0 Å². The number of halogens is 2. The first-order chi connectivity index (χ1) is 20.0. The molecule has 0 bridgehead atoms. The predicted molar refractivity (Wildman–Crippen MR) is 155 cm³/mol. The Balaban J connectivity index is 1.98. The van der Waals surface area contributed by atoms with Gasteiger partial charge in [-0.1, -0.05) is 44.2 Å². The average Bonchev–Trinajstić information content (AvgIpc) is 3.33. The first-order valence-corrected chi connectivity index (χ1v) is 13.5. The summed E-state index contributed by atoms with van der Waals surface area (Å²) in [5, 5.41) is 53.9. The molecule has 0 spiro atoms. The lowest BCUT2D eigenvalue weighted by Gasteiger charge is -2.27. The molecule has 1 amide bonds. The predicted octanol–water partition coefficient (Wildman–Crippen LogP) is 3.91. The smallest absolute Gasteiger partial charge is 0.258 e. The summed E-state index contributed by atoms with van der Waals surface area (Å²) in [5.41, 5.74) is 3.14. The number of aliphatic hydroxyl groups excluding tert-OH is 5. The summed E-state index contributed by atoms with van der Waals surface area (Å²) in [7, 11) is 0. The van der Waals surface area contributed by atoms with Gasteiger partial charge < -0.3 is 35.4 Å². The molecular formula is C32H34F2N2O6. The number of hydrogen-bond donors (Lipinski definition) is 6. The molecule has 1 heterocycles. The number of hydrogen-bond acceptors (Lipinski definition) is 6. The fourth-order valence-electron chi connectivity index (χ4n) is 5.04. The average molecular weight is 581 g/mol. The van der Waals surface area contributed by atoms with Gasteiger partial charge in [-0.3, -0.25) is 4.79 Å². The third kappa shape index (κ3) is 6.59. The van der Waals surface area contributed by atoms with Crippen LogP contribution in [-0.2, 0) is 6.54 Å². The maximum absolute atomic E-state index is 14.0. The lowest BCUT2D eigenvalue weighted by molar-refractivity contribution is -0.117. The van der Waals surface area contributed by atoms with Gasteiger partial charge >= 0.3 is 0 Å². The first-order valence-electron chi connectivity index (χ1n) is 13.5. The molecule has 0 fully saturated rings. The molecule has 4 rings (SSSR count). The fraction of sp³-hybridized carbons (Fsp3) is 0.281. The van der Waals surface area contributed by atoms with Crippen LogP contribution in [0.15, 0.2) is 78.9 Å². The van der Waals surface area contributed by atoms with Crippen molar-refractivity contribution >= 4 is 11.6 Å². The molecule has 4 atom stereocenters. The second-order valence-corrected chi connectivity index (χ2v) is 10.4. The van der Waals surface area contributed by atoms with Crippen LogP contribution in [-0.4, -0.2) is 67.0 Å². The maximum Gasteiger partial charge on any atom is 0.258 e.